The molecule has 3 rings (SSSR count). The van der Waals surface area contributed by atoms with Crippen molar-refractivity contribution in [3.05, 3.63) is 64.8 Å². The molecule has 2 aromatic rings. The number of hydrogen-bond acceptors (Lipinski definition) is 0. The van der Waals surface area contributed by atoms with Crippen molar-refractivity contribution in [2.45, 2.75) is 41.5 Å². The molecule has 23 heavy (non-hydrogen) atoms. The Morgan fingerprint density at radius 2 is 1.52 bits per heavy atom. The molecule has 0 unspecified atom stereocenters. The molecule has 0 nitrogen and oxygen atoms in total. The molecule has 0 aromatic heterocycles. The van der Waals surface area contributed by atoms with Crippen LogP contribution in [0.5, 0.6) is 0 Å². The minimum Gasteiger partial charge on any atom is -0.263 e. The van der Waals surface area contributed by atoms with E-state index in [0.717, 1.165) is 0 Å². The van der Waals surface area contributed by atoms with E-state index in [1.165, 1.54) is 33.1 Å². The van der Waals surface area contributed by atoms with Crippen molar-refractivity contribution in [3.63, 3.8) is 0 Å². The van der Waals surface area contributed by atoms with Gasteiger partial charge in [0.05, 0.1) is 0 Å². The summed E-state index contributed by atoms with van der Waals surface area (Å²) in [5.74, 6) is 0. The molecule has 3 heteroatoms. The van der Waals surface area contributed by atoms with Crippen LogP contribution in [-0.2, 0) is 26.2 Å². The molecule has 2 aromatic carbocycles. The van der Waals surface area contributed by atoms with Crippen molar-refractivity contribution < 1.29 is 26.2 Å². The molecule has 0 N–H and O–H groups in total. The van der Waals surface area contributed by atoms with Gasteiger partial charge in [0.15, 0.2) is 0 Å². The maximum Gasteiger partial charge on any atom is 2.00 e. The second-order valence-electron chi connectivity index (χ2n) is 6.23. The Kier molecular flexibility index (Phi) is 10.8. The van der Waals surface area contributed by atoms with Crippen LogP contribution in [0.25, 0.3) is 10.8 Å². The molecule has 1 aliphatic rings. The second kappa shape index (κ2) is 9.92. The quantitative estimate of drug-likeness (QED) is 0.404. The van der Waals surface area contributed by atoms with Crippen LogP contribution in [0, 0.1) is 18.4 Å². The summed E-state index contributed by atoms with van der Waals surface area (Å²) in [5.41, 5.74) is 5.77. The minimum atomic E-state index is 0. The number of rotatable bonds is 0. The molecule has 1 aliphatic carbocycles. The van der Waals surface area contributed by atoms with Gasteiger partial charge in [0.25, 0.3) is 0 Å². The fraction of sp³-hybridized carbons (Fsp3) is 0.350. The van der Waals surface area contributed by atoms with E-state index < -0.39 is 0 Å². The molecule has 0 aliphatic heterocycles. The summed E-state index contributed by atoms with van der Waals surface area (Å²) in [6, 6.07) is 12.8. The maximum atomic E-state index is 3.44. The number of aryl methyl sites for hydroxylation is 1. The van der Waals surface area contributed by atoms with Gasteiger partial charge >= 0.3 is 26.2 Å². The van der Waals surface area contributed by atoms with Gasteiger partial charge in [-0.3, -0.25) is 6.08 Å². The van der Waals surface area contributed by atoms with Crippen molar-refractivity contribution in [1.29, 1.82) is 0 Å². The van der Waals surface area contributed by atoms with Crippen LogP contribution in [0.2, 0.25) is 0 Å². The van der Waals surface area contributed by atoms with Crippen molar-refractivity contribution in [2.75, 3.05) is 0 Å². The van der Waals surface area contributed by atoms with Crippen LogP contribution in [0.1, 0.15) is 40.2 Å². The molecule has 0 radical (unpaired) electrons. The molecule has 0 atom stereocenters. The van der Waals surface area contributed by atoms with Gasteiger partial charge in [-0.25, -0.2) is 5.57 Å². The van der Waals surface area contributed by atoms with Crippen molar-refractivity contribution >= 4 is 35.6 Å². The van der Waals surface area contributed by atoms with Gasteiger partial charge in [0.1, 0.15) is 0 Å². The van der Waals surface area contributed by atoms with E-state index in [0.29, 0.717) is 0 Å². The smallest absolute Gasteiger partial charge is 0.263 e. The Morgan fingerprint density at radius 3 is 1.91 bits per heavy atom. The van der Waals surface area contributed by atoms with Crippen LogP contribution < -0.4 is 0 Å². The standard InChI is InChI=1S/C10H9.C10H15.2ClH.Zr/c1-8-6-7-9-4-2-3-5-10(8)9;1-7-6-10(4,5)9(3)8(7)2;;;/h2-7H,1H3;1-5H3;2*1H;/q2*-1;;;+2. The summed E-state index contributed by atoms with van der Waals surface area (Å²) in [7, 11) is 0. The molecule has 0 spiro atoms. The summed E-state index contributed by atoms with van der Waals surface area (Å²) in [6.45, 7) is 13.1. The topological polar surface area (TPSA) is 0 Å². The number of allylic oxidation sites excluding steroid dienone is 4. The largest absolute Gasteiger partial charge is 2.00 e. The first-order valence-electron chi connectivity index (χ1n) is 7.24. The van der Waals surface area contributed by atoms with Crippen LogP contribution in [0.15, 0.2) is 53.1 Å². The molecule has 0 amide bonds. The zero-order valence-electron chi connectivity index (χ0n) is 14.8. The van der Waals surface area contributed by atoms with Crippen molar-refractivity contribution in [3.8, 4) is 0 Å². The monoisotopic (exact) mass is 426 g/mol. The summed E-state index contributed by atoms with van der Waals surface area (Å²) >= 11 is 0. The Bertz CT molecular complexity index is 690. The first-order chi connectivity index (χ1) is 9.33. The second-order valence-corrected chi connectivity index (χ2v) is 6.23. The normalized spacial score (nSPS) is 14.8. The predicted octanol–water partition coefficient (Wildman–Crippen LogP) is 6.82. The Morgan fingerprint density at radius 1 is 0.957 bits per heavy atom. The molecule has 0 saturated carbocycles. The third-order valence-corrected chi connectivity index (χ3v) is 4.46. The fourth-order valence-electron chi connectivity index (χ4n) is 2.71. The molecule has 124 valence electrons. The summed E-state index contributed by atoms with van der Waals surface area (Å²) in [5, 5.41) is 2.72. The van der Waals surface area contributed by atoms with Crippen LogP contribution >= 0.6 is 24.8 Å². The van der Waals surface area contributed by atoms with Gasteiger partial charge < -0.3 is 0 Å². The van der Waals surface area contributed by atoms with E-state index in [2.05, 4.69) is 84.0 Å². The first-order valence-corrected chi connectivity index (χ1v) is 7.24. The number of halogens is 2. The maximum absolute atomic E-state index is 3.44. The van der Waals surface area contributed by atoms with Gasteiger partial charge in [-0.2, -0.15) is 23.3 Å². The summed E-state index contributed by atoms with van der Waals surface area (Å²) in [6.07, 6.45) is 3.44. The van der Waals surface area contributed by atoms with E-state index in [1.54, 1.807) is 0 Å². The van der Waals surface area contributed by atoms with Gasteiger partial charge in [-0.05, 0) is 0 Å². The van der Waals surface area contributed by atoms with Gasteiger partial charge in [-0.1, -0.05) is 46.1 Å². The first kappa shape index (κ1) is 25.0. The van der Waals surface area contributed by atoms with Gasteiger partial charge in [-0.15, -0.1) is 66.3 Å². The fourth-order valence-corrected chi connectivity index (χ4v) is 2.71. The predicted molar refractivity (Wildman–Crippen MR) is 103 cm³/mol. The average molecular weight is 429 g/mol. The zero-order chi connectivity index (χ0) is 14.9. The number of fused-ring (bicyclic) bond motifs is 1. The van der Waals surface area contributed by atoms with E-state index >= 15 is 0 Å². The summed E-state index contributed by atoms with van der Waals surface area (Å²) < 4.78 is 0. The van der Waals surface area contributed by atoms with Gasteiger partial charge in [0.2, 0.25) is 0 Å². The van der Waals surface area contributed by atoms with Gasteiger partial charge in [0, 0.05) is 0 Å². The van der Waals surface area contributed by atoms with Crippen molar-refractivity contribution in [2.24, 2.45) is 5.41 Å². The number of benzene rings is 1. The number of hydrogen-bond donors (Lipinski definition) is 0. The minimum absolute atomic E-state index is 0. The molecule has 0 bridgehead atoms. The average Bonchev–Trinajstić information content (AvgIpc) is 2.86. The molecule has 0 heterocycles. The Hall–Kier alpha value is -0.227. The van der Waals surface area contributed by atoms with E-state index in [1.807, 2.05) is 0 Å². The third-order valence-electron chi connectivity index (χ3n) is 4.46. The third kappa shape index (κ3) is 5.66. The Labute approximate surface area is 172 Å². The van der Waals surface area contributed by atoms with E-state index in [9.17, 15) is 0 Å². The van der Waals surface area contributed by atoms with Crippen LogP contribution in [0.4, 0.5) is 0 Å². The summed E-state index contributed by atoms with van der Waals surface area (Å²) in [4.78, 5) is 0. The molecule has 0 fully saturated rings. The van der Waals surface area contributed by atoms with Crippen molar-refractivity contribution in [1.82, 2.24) is 0 Å². The van der Waals surface area contributed by atoms with Crippen LogP contribution in [0.3, 0.4) is 0 Å². The zero-order valence-corrected chi connectivity index (χ0v) is 18.9. The van der Waals surface area contributed by atoms with Crippen LogP contribution in [-0.4, -0.2) is 0 Å². The van der Waals surface area contributed by atoms with E-state index in [-0.39, 0.29) is 56.4 Å². The SMILES string of the molecule is CC1=[C-]C(C)(C)C(C)=C1C.C[c-]1ccc2ccccc21.Cl.Cl.[Zr+2]. The Balaban J connectivity index is 0. The molecular weight excluding hydrogens is 402 g/mol. The molecular formula is C20H26Cl2Zr. The van der Waals surface area contributed by atoms with E-state index in [4.69, 9.17) is 0 Å². The molecule has 0 saturated heterocycles.